The van der Waals surface area contributed by atoms with Crippen LogP contribution in [-0.2, 0) is 11.2 Å². The van der Waals surface area contributed by atoms with Gasteiger partial charge in [0.2, 0.25) is 0 Å². The van der Waals surface area contributed by atoms with E-state index in [1.807, 2.05) is 56.4 Å². The number of benzene rings is 1. The van der Waals surface area contributed by atoms with Gasteiger partial charge in [-0.15, -0.1) is 0 Å². The summed E-state index contributed by atoms with van der Waals surface area (Å²) in [4.78, 5) is 6.36. The van der Waals surface area contributed by atoms with Crippen molar-refractivity contribution < 1.29 is 14.6 Å². The molecule has 1 atom stereocenters. The number of hydrogen-bond acceptors (Lipinski definition) is 5. The number of anilines is 1. The lowest BCUT2D eigenvalue weighted by Crippen LogP contribution is -2.24. The van der Waals surface area contributed by atoms with Gasteiger partial charge in [0, 0.05) is 26.3 Å². The number of likely N-dealkylation sites (N-methyl/N-ethyl adjacent to an activating group) is 1. The Balaban J connectivity index is 1.77. The van der Waals surface area contributed by atoms with Gasteiger partial charge in [-0.25, -0.2) is 4.98 Å². The maximum atomic E-state index is 9.28. The first kappa shape index (κ1) is 18.2. The SMILES string of the molecule is CCO[C@H](CO)Cc1ccc(OCCN(C)c2ccccn2)cc1. The first-order valence-electron chi connectivity index (χ1n) is 8.29. The zero-order valence-corrected chi connectivity index (χ0v) is 14.4. The highest BCUT2D eigenvalue weighted by atomic mass is 16.5. The molecule has 24 heavy (non-hydrogen) atoms. The van der Waals surface area contributed by atoms with Crippen molar-refractivity contribution in [3.8, 4) is 5.75 Å². The molecule has 2 rings (SSSR count). The van der Waals surface area contributed by atoms with Crippen LogP contribution >= 0.6 is 0 Å². The molecular formula is C19H26N2O3. The van der Waals surface area contributed by atoms with E-state index < -0.39 is 0 Å². The maximum absolute atomic E-state index is 9.28. The highest BCUT2D eigenvalue weighted by Crippen LogP contribution is 2.15. The molecule has 1 heterocycles. The third-order valence-electron chi connectivity index (χ3n) is 3.73. The molecule has 0 fully saturated rings. The molecule has 0 amide bonds. The molecule has 5 heteroatoms. The van der Waals surface area contributed by atoms with Gasteiger partial charge in [-0.1, -0.05) is 18.2 Å². The van der Waals surface area contributed by atoms with Gasteiger partial charge in [0.15, 0.2) is 0 Å². The van der Waals surface area contributed by atoms with Gasteiger partial charge in [0.05, 0.1) is 19.3 Å². The Hall–Kier alpha value is -2.11. The standard InChI is InChI=1S/C19H26N2O3/c1-3-23-18(15-22)14-16-7-9-17(10-8-16)24-13-12-21(2)19-6-4-5-11-20-19/h4-11,18,22H,3,12-15H2,1-2H3/t18-/m0/s1. The van der Waals surface area contributed by atoms with E-state index in [0.29, 0.717) is 19.6 Å². The molecule has 1 aromatic carbocycles. The van der Waals surface area contributed by atoms with Crippen molar-refractivity contribution in [2.45, 2.75) is 19.4 Å². The van der Waals surface area contributed by atoms with Crippen LogP contribution in [0.15, 0.2) is 48.7 Å². The second-order valence-corrected chi connectivity index (χ2v) is 5.57. The van der Waals surface area contributed by atoms with Gasteiger partial charge in [-0.05, 0) is 36.8 Å². The largest absolute Gasteiger partial charge is 0.492 e. The van der Waals surface area contributed by atoms with Gasteiger partial charge in [-0.2, -0.15) is 0 Å². The number of ether oxygens (including phenoxy) is 2. The van der Waals surface area contributed by atoms with E-state index in [1.54, 1.807) is 6.20 Å². The fourth-order valence-electron chi connectivity index (χ4n) is 2.39. The third-order valence-corrected chi connectivity index (χ3v) is 3.73. The van der Waals surface area contributed by atoms with Crippen LogP contribution in [0.2, 0.25) is 0 Å². The van der Waals surface area contributed by atoms with Gasteiger partial charge in [0.1, 0.15) is 18.2 Å². The molecule has 0 unspecified atom stereocenters. The third kappa shape index (κ3) is 5.83. The van der Waals surface area contributed by atoms with Crippen LogP contribution in [0, 0.1) is 0 Å². The van der Waals surface area contributed by atoms with E-state index in [0.717, 1.165) is 23.7 Å². The summed E-state index contributed by atoms with van der Waals surface area (Å²) in [5.74, 6) is 1.77. The molecule has 0 aliphatic rings. The Morgan fingerprint density at radius 2 is 1.96 bits per heavy atom. The Labute approximate surface area is 143 Å². The zero-order valence-electron chi connectivity index (χ0n) is 14.4. The van der Waals surface area contributed by atoms with E-state index in [4.69, 9.17) is 9.47 Å². The first-order valence-corrected chi connectivity index (χ1v) is 8.29. The molecule has 2 aromatic rings. The predicted molar refractivity (Wildman–Crippen MR) is 95.6 cm³/mol. The predicted octanol–water partition coefficient (Wildman–Crippen LogP) is 2.54. The van der Waals surface area contributed by atoms with Crippen molar-refractivity contribution in [3.63, 3.8) is 0 Å². The number of nitrogens with zero attached hydrogens (tertiary/aromatic N) is 2. The molecule has 130 valence electrons. The number of hydrogen-bond donors (Lipinski definition) is 1. The first-order chi connectivity index (χ1) is 11.7. The van der Waals surface area contributed by atoms with E-state index in [2.05, 4.69) is 9.88 Å². The summed E-state index contributed by atoms with van der Waals surface area (Å²) in [6, 6.07) is 13.8. The molecule has 0 radical (unpaired) electrons. The molecular weight excluding hydrogens is 304 g/mol. The fraction of sp³-hybridized carbons (Fsp3) is 0.421. The maximum Gasteiger partial charge on any atom is 0.128 e. The quantitative estimate of drug-likeness (QED) is 0.725. The fourth-order valence-corrected chi connectivity index (χ4v) is 2.39. The Morgan fingerprint density at radius 3 is 2.58 bits per heavy atom. The summed E-state index contributed by atoms with van der Waals surface area (Å²) in [5.41, 5.74) is 1.13. The smallest absolute Gasteiger partial charge is 0.128 e. The van der Waals surface area contributed by atoms with Crippen LogP contribution in [0.4, 0.5) is 5.82 Å². The monoisotopic (exact) mass is 330 g/mol. The summed E-state index contributed by atoms with van der Waals surface area (Å²) in [5, 5.41) is 9.28. The molecule has 0 saturated carbocycles. The summed E-state index contributed by atoms with van der Waals surface area (Å²) >= 11 is 0. The molecule has 0 aliphatic carbocycles. The van der Waals surface area contributed by atoms with Crippen molar-refractivity contribution in [2.75, 3.05) is 38.3 Å². The molecule has 1 aromatic heterocycles. The van der Waals surface area contributed by atoms with E-state index in [9.17, 15) is 5.11 Å². The number of aromatic nitrogens is 1. The lowest BCUT2D eigenvalue weighted by atomic mass is 10.1. The normalized spacial score (nSPS) is 12.0. The van der Waals surface area contributed by atoms with Crippen molar-refractivity contribution >= 4 is 5.82 Å². The molecule has 0 aliphatic heterocycles. The molecule has 0 spiro atoms. The van der Waals surface area contributed by atoms with Crippen LogP contribution in [0.3, 0.4) is 0 Å². The summed E-state index contributed by atoms with van der Waals surface area (Å²) in [6.07, 6.45) is 2.34. The second-order valence-electron chi connectivity index (χ2n) is 5.57. The minimum Gasteiger partial charge on any atom is -0.492 e. The minimum absolute atomic E-state index is 0.0337. The summed E-state index contributed by atoms with van der Waals surface area (Å²) in [6.45, 7) is 3.92. The number of aliphatic hydroxyl groups is 1. The van der Waals surface area contributed by atoms with E-state index in [1.165, 1.54) is 0 Å². The Kier molecular flexibility index (Phi) is 7.52. The van der Waals surface area contributed by atoms with Gasteiger partial charge >= 0.3 is 0 Å². The van der Waals surface area contributed by atoms with Crippen molar-refractivity contribution in [1.82, 2.24) is 4.98 Å². The summed E-state index contributed by atoms with van der Waals surface area (Å²) in [7, 11) is 2.00. The highest BCUT2D eigenvalue weighted by molar-refractivity contribution is 5.36. The van der Waals surface area contributed by atoms with Gasteiger partial charge in [0.25, 0.3) is 0 Å². The highest BCUT2D eigenvalue weighted by Gasteiger charge is 2.08. The lowest BCUT2D eigenvalue weighted by molar-refractivity contribution is 0.0207. The van der Waals surface area contributed by atoms with Crippen molar-refractivity contribution in [1.29, 1.82) is 0 Å². The summed E-state index contributed by atoms with van der Waals surface area (Å²) < 4.78 is 11.2. The topological polar surface area (TPSA) is 54.8 Å². The lowest BCUT2D eigenvalue weighted by Gasteiger charge is -2.18. The van der Waals surface area contributed by atoms with Crippen LogP contribution in [0.25, 0.3) is 0 Å². The second kappa shape index (κ2) is 9.90. The van der Waals surface area contributed by atoms with Crippen LogP contribution < -0.4 is 9.64 Å². The van der Waals surface area contributed by atoms with Crippen LogP contribution in [0.5, 0.6) is 5.75 Å². The number of pyridine rings is 1. The van der Waals surface area contributed by atoms with Crippen molar-refractivity contribution in [2.24, 2.45) is 0 Å². The molecule has 1 N–H and O–H groups in total. The average molecular weight is 330 g/mol. The Morgan fingerprint density at radius 1 is 1.17 bits per heavy atom. The minimum atomic E-state index is -0.145. The number of rotatable bonds is 10. The van der Waals surface area contributed by atoms with Crippen LogP contribution in [-0.4, -0.2) is 49.6 Å². The average Bonchev–Trinajstić information content (AvgIpc) is 2.63. The number of aliphatic hydroxyl groups excluding tert-OH is 1. The van der Waals surface area contributed by atoms with E-state index in [-0.39, 0.29) is 12.7 Å². The zero-order chi connectivity index (χ0) is 17.2. The molecule has 0 saturated heterocycles. The Bertz CT molecular complexity index is 575. The van der Waals surface area contributed by atoms with Crippen LogP contribution in [0.1, 0.15) is 12.5 Å². The molecule has 0 bridgehead atoms. The van der Waals surface area contributed by atoms with E-state index >= 15 is 0 Å². The molecule has 5 nitrogen and oxygen atoms in total. The van der Waals surface area contributed by atoms with Crippen molar-refractivity contribution in [3.05, 3.63) is 54.2 Å². The van der Waals surface area contributed by atoms with Gasteiger partial charge in [-0.3, -0.25) is 0 Å². The van der Waals surface area contributed by atoms with Gasteiger partial charge < -0.3 is 19.5 Å².